The second kappa shape index (κ2) is 10.9. The van der Waals surface area contributed by atoms with E-state index in [0.29, 0.717) is 21.5 Å². The number of carboxylic acids is 1. The molecule has 0 fully saturated rings. The number of hydrogen-bond donors (Lipinski definition) is 1. The van der Waals surface area contributed by atoms with Crippen LogP contribution in [0, 0.1) is 0 Å². The molecule has 0 aliphatic rings. The second-order valence-corrected chi connectivity index (χ2v) is 8.22. The molecule has 162 valence electrons. The Morgan fingerprint density at radius 3 is 2.41 bits per heavy atom. The first-order chi connectivity index (χ1) is 15.4. The standard InChI is InChI=1S/C24H17Br2NO5/c1-31-21-13-16(14-27-19-8-6-17(7-9-19)24(29)30)12-20(26)23(21)32-22(28)10-5-15-3-2-4-18(25)11-15/h2-14H,1H3,(H,29,30)/b10-5+,27-14+. The van der Waals surface area contributed by atoms with Crippen LogP contribution >= 0.6 is 31.9 Å². The van der Waals surface area contributed by atoms with Crippen LogP contribution in [0.25, 0.3) is 6.08 Å². The molecule has 0 heterocycles. The Kier molecular flexibility index (Phi) is 7.97. The van der Waals surface area contributed by atoms with Crippen molar-refractivity contribution in [2.45, 2.75) is 0 Å². The number of rotatable bonds is 7. The molecule has 0 aliphatic carbocycles. The van der Waals surface area contributed by atoms with Gasteiger partial charge in [0.2, 0.25) is 0 Å². The molecule has 6 nitrogen and oxygen atoms in total. The predicted octanol–water partition coefficient (Wildman–Crippen LogP) is 6.29. The molecular weight excluding hydrogens is 542 g/mol. The molecule has 0 atom stereocenters. The van der Waals surface area contributed by atoms with Crippen molar-refractivity contribution >= 4 is 61.8 Å². The number of ether oxygens (including phenoxy) is 2. The maximum atomic E-state index is 12.3. The maximum absolute atomic E-state index is 12.3. The third-order valence-corrected chi connectivity index (χ3v) is 5.27. The highest BCUT2D eigenvalue weighted by molar-refractivity contribution is 9.10. The van der Waals surface area contributed by atoms with Crippen LogP contribution in [-0.4, -0.2) is 30.4 Å². The molecule has 8 heteroatoms. The summed E-state index contributed by atoms with van der Waals surface area (Å²) in [5, 5.41) is 8.96. The zero-order chi connectivity index (χ0) is 23.1. The van der Waals surface area contributed by atoms with Gasteiger partial charge in [-0.05, 0) is 81.7 Å². The lowest BCUT2D eigenvalue weighted by atomic mass is 10.2. The van der Waals surface area contributed by atoms with E-state index in [1.54, 1.807) is 36.6 Å². The SMILES string of the molecule is COc1cc(/C=N/c2ccc(C(=O)O)cc2)cc(Br)c1OC(=O)/C=C/c1cccc(Br)c1. The summed E-state index contributed by atoms with van der Waals surface area (Å²) in [5.41, 5.74) is 2.33. The molecule has 0 aliphatic heterocycles. The van der Waals surface area contributed by atoms with Crippen LogP contribution in [0.4, 0.5) is 5.69 Å². The topological polar surface area (TPSA) is 85.2 Å². The molecule has 3 aromatic rings. The van der Waals surface area contributed by atoms with Gasteiger partial charge in [0.25, 0.3) is 0 Å². The molecule has 3 rings (SSSR count). The zero-order valence-electron chi connectivity index (χ0n) is 16.8. The van der Waals surface area contributed by atoms with Crippen LogP contribution in [0.5, 0.6) is 11.5 Å². The highest BCUT2D eigenvalue weighted by Gasteiger charge is 2.14. The van der Waals surface area contributed by atoms with Crippen molar-refractivity contribution in [2.24, 2.45) is 4.99 Å². The summed E-state index contributed by atoms with van der Waals surface area (Å²) in [4.78, 5) is 27.6. The summed E-state index contributed by atoms with van der Waals surface area (Å²) in [6.45, 7) is 0. The molecular formula is C24H17Br2NO5. The van der Waals surface area contributed by atoms with Crippen LogP contribution in [0.15, 0.2) is 80.7 Å². The number of aliphatic imine (C=N–C) groups is 1. The highest BCUT2D eigenvalue weighted by atomic mass is 79.9. The Labute approximate surface area is 201 Å². The first-order valence-corrected chi connectivity index (χ1v) is 10.8. The summed E-state index contributed by atoms with van der Waals surface area (Å²) >= 11 is 6.80. The van der Waals surface area contributed by atoms with E-state index in [1.165, 1.54) is 25.3 Å². The van der Waals surface area contributed by atoms with Crippen LogP contribution in [0.3, 0.4) is 0 Å². The van der Waals surface area contributed by atoms with Gasteiger partial charge in [0, 0.05) is 16.8 Å². The second-order valence-electron chi connectivity index (χ2n) is 6.45. The van der Waals surface area contributed by atoms with Crippen LogP contribution in [-0.2, 0) is 4.79 Å². The van der Waals surface area contributed by atoms with E-state index in [1.807, 2.05) is 24.3 Å². The Hall–Kier alpha value is -3.23. The van der Waals surface area contributed by atoms with Crippen LogP contribution in [0.1, 0.15) is 21.5 Å². The molecule has 0 radical (unpaired) electrons. The molecule has 0 amide bonds. The van der Waals surface area contributed by atoms with Gasteiger partial charge in [0.1, 0.15) is 0 Å². The number of benzene rings is 3. The lowest BCUT2D eigenvalue weighted by Gasteiger charge is -2.11. The van der Waals surface area contributed by atoms with E-state index in [4.69, 9.17) is 14.6 Å². The molecule has 0 saturated carbocycles. The maximum Gasteiger partial charge on any atom is 0.336 e. The van der Waals surface area contributed by atoms with Gasteiger partial charge in [0.15, 0.2) is 11.5 Å². The van der Waals surface area contributed by atoms with Crippen molar-refractivity contribution < 1.29 is 24.2 Å². The van der Waals surface area contributed by atoms with Gasteiger partial charge >= 0.3 is 11.9 Å². The fourth-order valence-corrected chi connectivity index (χ4v) is 3.62. The van der Waals surface area contributed by atoms with E-state index in [-0.39, 0.29) is 11.3 Å². The number of carbonyl (C=O) groups is 2. The van der Waals surface area contributed by atoms with Crippen LogP contribution in [0.2, 0.25) is 0 Å². The molecule has 0 spiro atoms. The molecule has 32 heavy (non-hydrogen) atoms. The monoisotopic (exact) mass is 557 g/mol. The summed E-state index contributed by atoms with van der Waals surface area (Å²) < 4.78 is 12.3. The van der Waals surface area contributed by atoms with E-state index in [0.717, 1.165) is 10.0 Å². The lowest BCUT2D eigenvalue weighted by molar-refractivity contribution is -0.129. The number of carboxylic acid groups (broad SMARTS) is 1. The summed E-state index contributed by atoms with van der Waals surface area (Å²) in [7, 11) is 1.47. The minimum atomic E-state index is -0.995. The van der Waals surface area contributed by atoms with Crippen molar-refractivity contribution in [3.63, 3.8) is 0 Å². The lowest BCUT2D eigenvalue weighted by Crippen LogP contribution is -2.06. The Morgan fingerprint density at radius 2 is 1.75 bits per heavy atom. The normalized spacial score (nSPS) is 11.1. The average molecular weight is 559 g/mol. The Balaban J connectivity index is 1.75. The Morgan fingerprint density at radius 1 is 1.00 bits per heavy atom. The molecule has 0 aromatic heterocycles. The predicted molar refractivity (Wildman–Crippen MR) is 130 cm³/mol. The van der Waals surface area contributed by atoms with Gasteiger partial charge in [-0.2, -0.15) is 0 Å². The van der Waals surface area contributed by atoms with E-state index < -0.39 is 11.9 Å². The number of halogens is 2. The highest BCUT2D eigenvalue weighted by Crippen LogP contribution is 2.36. The molecule has 1 N–H and O–H groups in total. The van der Waals surface area contributed by atoms with E-state index >= 15 is 0 Å². The molecule has 0 unspecified atom stereocenters. The minimum absolute atomic E-state index is 0.188. The van der Waals surface area contributed by atoms with Gasteiger partial charge in [-0.3, -0.25) is 4.99 Å². The smallest absolute Gasteiger partial charge is 0.336 e. The van der Waals surface area contributed by atoms with Gasteiger partial charge in [-0.1, -0.05) is 28.1 Å². The number of methoxy groups -OCH3 is 1. The van der Waals surface area contributed by atoms with Crippen molar-refractivity contribution in [1.29, 1.82) is 0 Å². The van der Waals surface area contributed by atoms with Crippen molar-refractivity contribution in [3.8, 4) is 11.5 Å². The van der Waals surface area contributed by atoms with Gasteiger partial charge in [-0.25, -0.2) is 9.59 Å². The van der Waals surface area contributed by atoms with Crippen molar-refractivity contribution in [3.05, 3.63) is 92.4 Å². The summed E-state index contributed by atoms with van der Waals surface area (Å²) in [6, 6.07) is 17.1. The molecule has 0 bridgehead atoms. The third-order valence-electron chi connectivity index (χ3n) is 4.19. The fraction of sp³-hybridized carbons (Fsp3) is 0.0417. The van der Waals surface area contributed by atoms with Crippen molar-refractivity contribution in [1.82, 2.24) is 0 Å². The van der Waals surface area contributed by atoms with Gasteiger partial charge < -0.3 is 14.6 Å². The zero-order valence-corrected chi connectivity index (χ0v) is 20.0. The number of nitrogens with zero attached hydrogens (tertiary/aromatic N) is 1. The number of aromatic carboxylic acids is 1. The average Bonchev–Trinajstić information content (AvgIpc) is 2.78. The Bertz CT molecular complexity index is 1200. The quantitative estimate of drug-likeness (QED) is 0.159. The molecule has 3 aromatic carbocycles. The first-order valence-electron chi connectivity index (χ1n) is 9.26. The largest absolute Gasteiger partial charge is 0.493 e. The summed E-state index contributed by atoms with van der Waals surface area (Å²) in [6.07, 6.45) is 4.59. The minimum Gasteiger partial charge on any atom is -0.493 e. The number of esters is 1. The number of hydrogen-bond acceptors (Lipinski definition) is 5. The number of carbonyl (C=O) groups excluding carboxylic acids is 1. The summed E-state index contributed by atoms with van der Waals surface area (Å²) in [5.74, 6) is -0.944. The van der Waals surface area contributed by atoms with Gasteiger partial charge in [0.05, 0.1) is 22.8 Å². The third kappa shape index (κ3) is 6.38. The fourth-order valence-electron chi connectivity index (χ4n) is 2.66. The first kappa shape index (κ1) is 23.4. The van der Waals surface area contributed by atoms with Gasteiger partial charge in [-0.15, -0.1) is 0 Å². The van der Waals surface area contributed by atoms with E-state index in [2.05, 4.69) is 36.9 Å². The van der Waals surface area contributed by atoms with E-state index in [9.17, 15) is 9.59 Å². The van der Waals surface area contributed by atoms with Crippen LogP contribution < -0.4 is 9.47 Å². The molecule has 0 saturated heterocycles. The van der Waals surface area contributed by atoms with Crippen molar-refractivity contribution in [2.75, 3.05) is 7.11 Å².